The Bertz CT molecular complexity index is 881. The van der Waals surface area contributed by atoms with Gasteiger partial charge in [0.05, 0.1) is 20.6 Å². The molecule has 0 radical (unpaired) electrons. The Balaban J connectivity index is 1.69. The molecule has 1 aliphatic rings. The van der Waals surface area contributed by atoms with Gasteiger partial charge in [-0.25, -0.2) is 8.78 Å². The van der Waals surface area contributed by atoms with Crippen LogP contribution in [0.5, 0.6) is 0 Å². The third-order valence-corrected chi connectivity index (χ3v) is 6.61. The van der Waals surface area contributed by atoms with Crippen LogP contribution in [0.1, 0.15) is 54.0 Å². The maximum absolute atomic E-state index is 14.0. The Morgan fingerprint density at radius 1 is 1.00 bits per heavy atom. The second kappa shape index (κ2) is 11.2. The molecule has 0 heterocycles. The number of likely N-dealkylation sites (N-methyl/N-ethyl adjacent to an activating group) is 1. The molecule has 2 unspecified atom stereocenters. The van der Waals surface area contributed by atoms with E-state index in [0.717, 1.165) is 24.0 Å². The van der Waals surface area contributed by atoms with Crippen LogP contribution >= 0.6 is 0 Å². The van der Waals surface area contributed by atoms with Crippen LogP contribution < -0.4 is 0 Å². The molecule has 0 bridgehead atoms. The normalized spacial score (nSPS) is 17.5. The van der Waals surface area contributed by atoms with Crippen molar-refractivity contribution in [3.05, 3.63) is 82.4 Å². The van der Waals surface area contributed by atoms with E-state index in [-0.39, 0.29) is 11.7 Å². The van der Waals surface area contributed by atoms with Gasteiger partial charge in [0.25, 0.3) is 0 Å². The number of rotatable bonds is 10. The molecule has 2 atom stereocenters. The standard InChI is InChI=1S/C28H38F2NO/c1-21-11-8-12-22(2)28(21)27(20-31(3,4)19-23-13-6-5-7-14-23)32-18-10-15-24-25(29)16-9-17-26(24)30/h5-6,8-9,11-12,16-17,23,27H,7,10,13-15,18-20H2,1-4H3/q+1. The lowest BCUT2D eigenvalue weighted by atomic mass is 9.92. The Morgan fingerprint density at radius 3 is 2.28 bits per heavy atom. The molecule has 32 heavy (non-hydrogen) atoms. The Morgan fingerprint density at radius 2 is 1.66 bits per heavy atom. The SMILES string of the molecule is Cc1cccc(C)c1C(C[N+](C)(C)CC1CC=CCC1)OCCCc1c(F)cccc1F. The first-order chi connectivity index (χ1) is 15.3. The van der Waals surface area contributed by atoms with Gasteiger partial charge in [-0.05, 0) is 74.8 Å². The lowest BCUT2D eigenvalue weighted by molar-refractivity contribution is -0.897. The zero-order valence-corrected chi connectivity index (χ0v) is 20.0. The summed E-state index contributed by atoms with van der Waals surface area (Å²) < 4.78 is 35.3. The van der Waals surface area contributed by atoms with E-state index < -0.39 is 11.6 Å². The van der Waals surface area contributed by atoms with Gasteiger partial charge in [0.15, 0.2) is 0 Å². The summed E-state index contributed by atoms with van der Waals surface area (Å²) in [7, 11) is 4.58. The number of nitrogens with zero attached hydrogens (tertiary/aromatic N) is 1. The quantitative estimate of drug-likeness (QED) is 0.226. The Hall–Kier alpha value is -2.04. The van der Waals surface area contributed by atoms with Crippen molar-refractivity contribution in [3.63, 3.8) is 0 Å². The highest BCUT2D eigenvalue weighted by atomic mass is 19.1. The maximum Gasteiger partial charge on any atom is 0.132 e. The average Bonchev–Trinajstić information content (AvgIpc) is 2.72. The van der Waals surface area contributed by atoms with Crippen LogP contribution in [0.15, 0.2) is 48.6 Å². The fraction of sp³-hybridized carbons (Fsp3) is 0.500. The van der Waals surface area contributed by atoms with E-state index in [1.165, 1.54) is 47.7 Å². The number of benzene rings is 2. The van der Waals surface area contributed by atoms with Gasteiger partial charge >= 0.3 is 0 Å². The van der Waals surface area contributed by atoms with Gasteiger partial charge in [-0.3, -0.25) is 0 Å². The molecule has 0 fully saturated rings. The number of halogens is 2. The summed E-state index contributed by atoms with van der Waals surface area (Å²) in [6, 6.07) is 10.4. The zero-order chi connectivity index (χ0) is 23.1. The monoisotopic (exact) mass is 442 g/mol. The van der Waals surface area contributed by atoms with Gasteiger partial charge in [0.2, 0.25) is 0 Å². The summed E-state index contributed by atoms with van der Waals surface area (Å²) in [5.74, 6) is -0.246. The van der Waals surface area contributed by atoms with E-state index in [4.69, 9.17) is 4.74 Å². The second-order valence-corrected chi connectivity index (χ2v) is 9.92. The number of quaternary nitrogens is 1. The minimum Gasteiger partial charge on any atom is -0.368 e. The van der Waals surface area contributed by atoms with Crippen LogP contribution in [0.4, 0.5) is 8.78 Å². The number of aryl methyl sites for hydroxylation is 2. The van der Waals surface area contributed by atoms with Crippen LogP contribution in [0.3, 0.4) is 0 Å². The number of allylic oxidation sites excluding steroid dienone is 2. The van der Waals surface area contributed by atoms with Gasteiger partial charge in [-0.2, -0.15) is 0 Å². The number of hydrogen-bond donors (Lipinski definition) is 0. The number of hydrogen-bond acceptors (Lipinski definition) is 1. The van der Waals surface area contributed by atoms with Gasteiger partial charge in [-0.15, -0.1) is 0 Å². The van der Waals surface area contributed by atoms with Gasteiger partial charge in [-0.1, -0.05) is 36.4 Å². The summed E-state index contributed by atoms with van der Waals surface area (Å²) in [5.41, 5.74) is 3.87. The molecule has 0 aliphatic heterocycles. The predicted octanol–water partition coefficient (Wildman–Crippen LogP) is 6.70. The largest absolute Gasteiger partial charge is 0.368 e. The first-order valence-electron chi connectivity index (χ1n) is 11.8. The topological polar surface area (TPSA) is 9.23 Å². The molecule has 3 rings (SSSR count). The van der Waals surface area contributed by atoms with Crippen molar-refractivity contribution in [2.45, 2.75) is 52.1 Å². The fourth-order valence-corrected chi connectivity index (χ4v) is 5.05. The van der Waals surface area contributed by atoms with Crippen LogP contribution in [0.2, 0.25) is 0 Å². The van der Waals surface area contributed by atoms with Gasteiger partial charge in [0, 0.05) is 18.1 Å². The lowest BCUT2D eigenvalue weighted by Gasteiger charge is -2.37. The minimum absolute atomic E-state index is 0.0456. The summed E-state index contributed by atoms with van der Waals surface area (Å²) in [4.78, 5) is 0. The van der Waals surface area contributed by atoms with E-state index in [2.05, 4.69) is 58.3 Å². The second-order valence-electron chi connectivity index (χ2n) is 9.92. The van der Waals surface area contributed by atoms with E-state index in [1.807, 2.05) is 0 Å². The Labute approximate surface area is 192 Å². The molecule has 2 nitrogen and oxygen atoms in total. The van der Waals surface area contributed by atoms with Crippen LogP contribution in [-0.2, 0) is 11.2 Å². The predicted molar refractivity (Wildman–Crippen MR) is 128 cm³/mol. The van der Waals surface area contributed by atoms with Gasteiger partial charge in [0.1, 0.15) is 24.3 Å². The third kappa shape index (κ3) is 6.73. The van der Waals surface area contributed by atoms with Crippen molar-refractivity contribution in [2.24, 2.45) is 5.92 Å². The molecule has 0 amide bonds. The highest BCUT2D eigenvalue weighted by Crippen LogP contribution is 2.29. The van der Waals surface area contributed by atoms with Crippen molar-refractivity contribution >= 4 is 0 Å². The minimum atomic E-state index is -0.476. The van der Waals surface area contributed by atoms with E-state index in [9.17, 15) is 8.78 Å². The summed E-state index contributed by atoms with van der Waals surface area (Å²) in [6.07, 6.45) is 9.06. The van der Waals surface area contributed by atoms with Crippen molar-refractivity contribution in [1.29, 1.82) is 0 Å². The molecule has 0 aromatic heterocycles. The van der Waals surface area contributed by atoms with Gasteiger partial charge < -0.3 is 9.22 Å². The van der Waals surface area contributed by atoms with E-state index in [1.54, 1.807) is 0 Å². The highest BCUT2D eigenvalue weighted by molar-refractivity contribution is 5.35. The third-order valence-electron chi connectivity index (χ3n) is 6.61. The van der Waals surface area contributed by atoms with E-state index >= 15 is 0 Å². The molecule has 0 saturated carbocycles. The zero-order valence-electron chi connectivity index (χ0n) is 20.0. The molecule has 4 heteroatoms. The summed E-state index contributed by atoms with van der Waals surface area (Å²) in [5, 5.41) is 0. The molecule has 174 valence electrons. The average molecular weight is 443 g/mol. The van der Waals surface area contributed by atoms with E-state index in [0.29, 0.717) is 25.4 Å². The molecular formula is C28H38F2NO+. The first kappa shape index (κ1) is 24.6. The lowest BCUT2D eigenvalue weighted by Crippen LogP contribution is -2.47. The van der Waals surface area contributed by atoms with Crippen molar-refractivity contribution in [1.82, 2.24) is 0 Å². The molecule has 2 aromatic rings. The Kier molecular flexibility index (Phi) is 8.61. The van der Waals surface area contributed by atoms with Crippen LogP contribution in [0.25, 0.3) is 0 Å². The maximum atomic E-state index is 14.0. The summed E-state index contributed by atoms with van der Waals surface area (Å²) in [6.45, 7) is 6.74. The molecule has 1 aliphatic carbocycles. The van der Waals surface area contributed by atoms with Crippen molar-refractivity contribution < 1.29 is 18.0 Å². The van der Waals surface area contributed by atoms with Crippen molar-refractivity contribution in [2.75, 3.05) is 33.8 Å². The van der Waals surface area contributed by atoms with Crippen LogP contribution in [-0.4, -0.2) is 38.3 Å². The first-order valence-corrected chi connectivity index (χ1v) is 11.8. The molecule has 0 spiro atoms. The molecule has 0 N–H and O–H groups in total. The molecular weight excluding hydrogens is 404 g/mol. The summed E-state index contributed by atoms with van der Waals surface area (Å²) >= 11 is 0. The highest BCUT2D eigenvalue weighted by Gasteiger charge is 2.29. The number of ether oxygens (including phenoxy) is 1. The molecule has 0 saturated heterocycles. The van der Waals surface area contributed by atoms with Crippen LogP contribution in [0, 0.1) is 31.4 Å². The fourth-order valence-electron chi connectivity index (χ4n) is 5.05. The smallest absolute Gasteiger partial charge is 0.132 e. The molecule has 2 aromatic carbocycles. The van der Waals surface area contributed by atoms with Crippen molar-refractivity contribution in [3.8, 4) is 0 Å².